The number of hydrogen-bond acceptors (Lipinski definition) is 5. The van der Waals surface area contributed by atoms with Crippen molar-refractivity contribution in [3.05, 3.63) is 92.5 Å². The Labute approximate surface area is 257 Å². The third-order valence-electron chi connectivity index (χ3n) is 9.97. The van der Waals surface area contributed by atoms with Gasteiger partial charge in [0.2, 0.25) is 5.91 Å². The molecular weight excluding hydrogens is 590 g/mol. The summed E-state index contributed by atoms with van der Waals surface area (Å²) in [5.41, 5.74) is 3.57. The van der Waals surface area contributed by atoms with Gasteiger partial charge in [0.05, 0.1) is 28.7 Å². The minimum Gasteiger partial charge on any atom is -0.465 e. The first kappa shape index (κ1) is 27.1. The first-order valence-electron chi connectivity index (χ1n) is 14.6. The molecule has 220 valence electrons. The van der Waals surface area contributed by atoms with E-state index in [9.17, 15) is 9.59 Å². The number of rotatable bonds is 4. The first-order chi connectivity index (χ1) is 20.7. The number of halogens is 3. The second-order valence-corrected chi connectivity index (χ2v) is 13.1. The van der Waals surface area contributed by atoms with Gasteiger partial charge in [-0.15, -0.1) is 0 Å². The monoisotopic (exact) mass is 618 g/mol. The second-order valence-electron chi connectivity index (χ2n) is 12.3. The molecule has 8 rings (SSSR count). The van der Waals surface area contributed by atoms with Crippen molar-refractivity contribution < 1.29 is 18.7 Å². The molecule has 1 saturated heterocycles. The summed E-state index contributed by atoms with van der Waals surface area (Å²) in [7, 11) is 1.37. The summed E-state index contributed by atoms with van der Waals surface area (Å²) in [6.07, 6.45) is 2.93. The fourth-order valence-electron chi connectivity index (χ4n) is 8.09. The Bertz CT molecular complexity index is 1870. The van der Waals surface area contributed by atoms with Gasteiger partial charge in [-0.25, -0.2) is 14.2 Å². The van der Waals surface area contributed by atoms with Crippen molar-refractivity contribution in [1.82, 2.24) is 14.5 Å². The number of ether oxygens (including phenoxy) is 1. The highest BCUT2D eigenvalue weighted by atomic mass is 35.5. The predicted molar refractivity (Wildman–Crippen MR) is 162 cm³/mol. The lowest BCUT2D eigenvalue weighted by atomic mass is 9.70. The van der Waals surface area contributed by atoms with Gasteiger partial charge in [0.1, 0.15) is 17.2 Å². The molecule has 1 N–H and O–H groups in total. The number of fused-ring (bicyclic) bond motifs is 7. The molecule has 43 heavy (non-hydrogen) atoms. The molecule has 4 aromatic rings. The number of carbonyl (C=O) groups excluding carboxylic acids is 2. The Morgan fingerprint density at radius 2 is 1.98 bits per heavy atom. The SMILES string of the molecule is COC(=O)c1cc(C)c2nc3n(c2c1)CC[C@H]1[C@@H]3[C@H](c2cccc(Cl)c2F)[C@]2(C(=O)Nc3cc(Cl)ccc32)N1CC1CC1. The van der Waals surface area contributed by atoms with Gasteiger partial charge in [-0.2, -0.15) is 0 Å². The third kappa shape index (κ3) is 3.72. The fourth-order valence-corrected chi connectivity index (χ4v) is 8.45. The molecule has 1 aromatic heterocycles. The number of anilines is 1. The molecule has 10 heteroatoms. The number of methoxy groups -OCH3 is 1. The minimum absolute atomic E-state index is 0.0162. The lowest BCUT2D eigenvalue weighted by Gasteiger charge is -2.40. The topological polar surface area (TPSA) is 76.5 Å². The van der Waals surface area contributed by atoms with Gasteiger partial charge in [0.25, 0.3) is 0 Å². The van der Waals surface area contributed by atoms with E-state index in [0.29, 0.717) is 34.3 Å². The molecule has 0 bridgehead atoms. The predicted octanol–water partition coefficient (Wildman–Crippen LogP) is 6.79. The summed E-state index contributed by atoms with van der Waals surface area (Å²) in [4.78, 5) is 34.6. The van der Waals surface area contributed by atoms with Crippen LogP contribution >= 0.6 is 23.2 Å². The Morgan fingerprint density at radius 1 is 1.16 bits per heavy atom. The largest absolute Gasteiger partial charge is 0.465 e. The number of imidazole rings is 1. The Morgan fingerprint density at radius 3 is 2.74 bits per heavy atom. The number of likely N-dealkylation sites (tertiary alicyclic amines) is 1. The van der Waals surface area contributed by atoms with Crippen LogP contribution in [-0.4, -0.2) is 46.0 Å². The number of aromatic nitrogens is 2. The van der Waals surface area contributed by atoms with Gasteiger partial charge >= 0.3 is 5.97 Å². The van der Waals surface area contributed by atoms with Gasteiger partial charge in [-0.1, -0.05) is 41.4 Å². The van der Waals surface area contributed by atoms with Crippen LogP contribution in [0.3, 0.4) is 0 Å². The maximum atomic E-state index is 16.3. The smallest absolute Gasteiger partial charge is 0.337 e. The van der Waals surface area contributed by atoms with E-state index < -0.39 is 23.2 Å². The number of hydrogen-bond donors (Lipinski definition) is 1. The van der Waals surface area contributed by atoms with Gasteiger partial charge < -0.3 is 14.6 Å². The van der Waals surface area contributed by atoms with Gasteiger partial charge in [0.15, 0.2) is 0 Å². The van der Waals surface area contributed by atoms with E-state index in [2.05, 4.69) is 14.8 Å². The Hall–Kier alpha value is -3.46. The number of nitrogens with zero attached hydrogens (tertiary/aromatic N) is 3. The van der Waals surface area contributed by atoms with Gasteiger partial charge in [-0.3, -0.25) is 9.69 Å². The van der Waals surface area contributed by atoms with Crippen LogP contribution in [0, 0.1) is 18.7 Å². The molecule has 1 aliphatic carbocycles. The van der Waals surface area contributed by atoms with Gasteiger partial charge in [-0.05, 0) is 73.6 Å². The summed E-state index contributed by atoms with van der Waals surface area (Å²) < 4.78 is 23.4. The normalized spacial score (nSPS) is 26.0. The van der Waals surface area contributed by atoms with Crippen molar-refractivity contribution in [2.24, 2.45) is 5.92 Å². The summed E-state index contributed by atoms with van der Waals surface area (Å²) >= 11 is 12.8. The lowest BCUT2D eigenvalue weighted by Crippen LogP contribution is -2.53. The molecule has 4 atom stereocenters. The zero-order chi connectivity index (χ0) is 29.8. The number of nitrogens with one attached hydrogen (secondary N) is 1. The van der Waals surface area contributed by atoms with Crippen molar-refractivity contribution in [2.45, 2.75) is 56.1 Å². The van der Waals surface area contributed by atoms with Crippen LogP contribution in [0.25, 0.3) is 11.0 Å². The number of benzene rings is 3. The Kier molecular flexibility index (Phi) is 6.00. The average Bonchev–Trinajstić information content (AvgIpc) is 3.57. The summed E-state index contributed by atoms with van der Waals surface area (Å²) in [5.74, 6) is -0.829. The van der Waals surface area contributed by atoms with E-state index in [1.807, 2.05) is 19.1 Å². The Balaban J connectivity index is 1.43. The highest BCUT2D eigenvalue weighted by Crippen LogP contribution is 2.64. The third-order valence-corrected chi connectivity index (χ3v) is 10.5. The number of esters is 1. The zero-order valence-electron chi connectivity index (χ0n) is 23.7. The molecular formula is C33H29Cl2FN4O3. The van der Waals surface area contributed by atoms with Crippen molar-refractivity contribution in [1.29, 1.82) is 0 Å². The van der Waals surface area contributed by atoms with E-state index in [1.165, 1.54) is 13.2 Å². The van der Waals surface area contributed by atoms with Crippen molar-refractivity contribution in [2.75, 3.05) is 19.0 Å². The van der Waals surface area contributed by atoms with Crippen LogP contribution in [-0.2, 0) is 21.6 Å². The minimum atomic E-state index is -1.19. The highest BCUT2D eigenvalue weighted by Gasteiger charge is 2.69. The van der Waals surface area contributed by atoms with E-state index in [1.54, 1.807) is 30.3 Å². The van der Waals surface area contributed by atoms with Crippen molar-refractivity contribution >= 4 is 51.8 Å². The maximum Gasteiger partial charge on any atom is 0.337 e. The van der Waals surface area contributed by atoms with Crippen LogP contribution < -0.4 is 5.32 Å². The fraction of sp³-hybridized carbons (Fsp3) is 0.364. The van der Waals surface area contributed by atoms with Crippen LogP contribution in [0.4, 0.5) is 10.1 Å². The van der Waals surface area contributed by atoms with Crippen LogP contribution in [0.15, 0.2) is 48.5 Å². The molecule has 1 amide bonds. The van der Waals surface area contributed by atoms with Crippen molar-refractivity contribution in [3.8, 4) is 0 Å². The standard InChI is InChI=1S/C33H29Cl2FN4O3/c1-16-12-18(31(41)43-2)13-25-29(16)38-30-26-24(10-11-39(25)30)40(15-17-6-7-17)33(27(26)20-4-3-5-22(35)28(20)36)21-9-8-19(34)14-23(21)37-32(33)42/h3-5,8-9,12-14,17,24,26-27H,6-7,10-11,15H2,1-2H3,(H,37,42)/t24-,26+,27-,33+/m0/s1. The molecule has 1 saturated carbocycles. The number of aryl methyl sites for hydroxylation is 2. The molecule has 7 nitrogen and oxygen atoms in total. The molecule has 0 unspecified atom stereocenters. The molecule has 3 aliphatic heterocycles. The second kappa shape index (κ2) is 9.52. The molecule has 3 aromatic carbocycles. The molecule has 2 fully saturated rings. The quantitative estimate of drug-likeness (QED) is 0.255. The van der Waals surface area contributed by atoms with E-state index in [4.69, 9.17) is 32.9 Å². The van der Waals surface area contributed by atoms with Crippen LogP contribution in [0.1, 0.15) is 64.0 Å². The average molecular weight is 620 g/mol. The summed E-state index contributed by atoms with van der Waals surface area (Å²) in [5, 5.41) is 3.66. The maximum absolute atomic E-state index is 16.3. The number of amides is 1. The van der Waals surface area contributed by atoms with E-state index in [0.717, 1.165) is 53.8 Å². The van der Waals surface area contributed by atoms with E-state index >= 15 is 4.39 Å². The molecule has 4 heterocycles. The first-order valence-corrected chi connectivity index (χ1v) is 15.4. The molecule has 4 aliphatic rings. The summed E-state index contributed by atoms with van der Waals surface area (Å²) in [6, 6.07) is 14.1. The highest BCUT2D eigenvalue weighted by molar-refractivity contribution is 6.31. The zero-order valence-corrected chi connectivity index (χ0v) is 25.2. The van der Waals surface area contributed by atoms with Gasteiger partial charge in [0, 0.05) is 47.2 Å². The summed E-state index contributed by atoms with van der Waals surface area (Å²) in [6.45, 7) is 3.30. The van der Waals surface area contributed by atoms with Crippen molar-refractivity contribution in [3.63, 3.8) is 0 Å². The van der Waals surface area contributed by atoms with E-state index in [-0.39, 0.29) is 22.9 Å². The molecule has 1 spiro atoms. The van der Waals surface area contributed by atoms with Crippen LogP contribution in [0.2, 0.25) is 10.0 Å². The number of carbonyl (C=O) groups is 2. The van der Waals surface area contributed by atoms with Crippen LogP contribution in [0.5, 0.6) is 0 Å². The molecule has 0 radical (unpaired) electrons. The lowest BCUT2D eigenvalue weighted by molar-refractivity contribution is -0.128.